The number of urea groups is 1. The number of rotatable bonds is 4. The molecule has 0 unspecified atom stereocenters. The van der Waals surface area contributed by atoms with Crippen molar-refractivity contribution >= 4 is 39.8 Å². The molecule has 0 saturated heterocycles. The summed E-state index contributed by atoms with van der Waals surface area (Å²) >= 11 is 7.05. The Morgan fingerprint density at radius 1 is 1.12 bits per heavy atom. The van der Waals surface area contributed by atoms with Crippen molar-refractivity contribution in [1.29, 1.82) is 0 Å². The fourth-order valence-electron chi connectivity index (χ4n) is 2.01. The number of aromatic nitrogens is 2. The van der Waals surface area contributed by atoms with Crippen LogP contribution in [0, 0.1) is 5.82 Å². The molecule has 2 aromatic carbocycles. The lowest BCUT2D eigenvalue weighted by Gasteiger charge is -2.04. The number of carbonyl (C=O) groups is 1. The molecule has 0 aliphatic heterocycles. The number of hydrogen-bond acceptors (Lipinski definition) is 4. The first-order valence-corrected chi connectivity index (χ1v) is 8.19. The second kappa shape index (κ2) is 7.37. The van der Waals surface area contributed by atoms with E-state index in [1.807, 2.05) is 0 Å². The summed E-state index contributed by atoms with van der Waals surface area (Å²) < 4.78 is 13.6. The van der Waals surface area contributed by atoms with E-state index in [-0.39, 0.29) is 5.82 Å². The van der Waals surface area contributed by atoms with Crippen molar-refractivity contribution < 1.29 is 9.18 Å². The summed E-state index contributed by atoms with van der Waals surface area (Å²) in [7, 11) is 0. The molecule has 0 saturated carbocycles. The van der Waals surface area contributed by atoms with E-state index in [0.29, 0.717) is 32.8 Å². The maximum atomic E-state index is 13.6. The Labute approximate surface area is 146 Å². The van der Waals surface area contributed by atoms with Crippen LogP contribution in [0.2, 0.25) is 5.02 Å². The van der Waals surface area contributed by atoms with Crippen molar-refractivity contribution in [2.24, 2.45) is 0 Å². The van der Waals surface area contributed by atoms with Crippen LogP contribution in [0.3, 0.4) is 0 Å². The van der Waals surface area contributed by atoms with Gasteiger partial charge in [0, 0.05) is 17.1 Å². The van der Waals surface area contributed by atoms with Crippen molar-refractivity contribution in [2.45, 2.75) is 6.42 Å². The highest BCUT2D eigenvalue weighted by molar-refractivity contribution is 7.15. The monoisotopic (exact) mass is 362 g/mol. The van der Waals surface area contributed by atoms with Crippen LogP contribution in [-0.2, 0) is 6.42 Å². The quantitative estimate of drug-likeness (QED) is 0.714. The minimum absolute atomic E-state index is 0.291. The van der Waals surface area contributed by atoms with Crippen LogP contribution in [-0.4, -0.2) is 16.2 Å². The number of nitrogens with zero attached hydrogens (tertiary/aromatic N) is 2. The van der Waals surface area contributed by atoms with Crippen LogP contribution in [0.25, 0.3) is 0 Å². The van der Waals surface area contributed by atoms with Gasteiger partial charge in [0.15, 0.2) is 0 Å². The summed E-state index contributed by atoms with van der Waals surface area (Å²) in [4.78, 5) is 11.9. The van der Waals surface area contributed by atoms with E-state index in [9.17, 15) is 9.18 Å². The first-order chi connectivity index (χ1) is 11.6. The predicted octanol–water partition coefficient (Wildman–Crippen LogP) is 4.57. The van der Waals surface area contributed by atoms with Crippen molar-refractivity contribution in [3.05, 3.63) is 69.9 Å². The average molecular weight is 363 g/mol. The molecule has 24 heavy (non-hydrogen) atoms. The normalized spacial score (nSPS) is 10.4. The standard InChI is InChI=1S/C16H12ClFN4OS/c17-11-5-3-6-12(9-11)19-15(23)20-16-22-21-14(24-16)8-10-4-1-2-7-13(10)18/h1-7,9H,8H2,(H2,19,20,22,23). The Kier molecular flexibility index (Phi) is 5.02. The smallest absolute Gasteiger partial charge is 0.308 e. The summed E-state index contributed by atoms with van der Waals surface area (Å²) in [6.45, 7) is 0. The van der Waals surface area contributed by atoms with Crippen molar-refractivity contribution in [3.8, 4) is 0 Å². The molecule has 0 fully saturated rings. The molecule has 1 aromatic heterocycles. The lowest BCUT2D eigenvalue weighted by Crippen LogP contribution is -2.19. The third-order valence-electron chi connectivity index (χ3n) is 3.07. The molecule has 8 heteroatoms. The Balaban J connectivity index is 1.61. The predicted molar refractivity (Wildman–Crippen MR) is 93.2 cm³/mol. The van der Waals surface area contributed by atoms with Crippen molar-refractivity contribution in [1.82, 2.24) is 10.2 Å². The third-order valence-corrected chi connectivity index (χ3v) is 4.14. The van der Waals surface area contributed by atoms with E-state index in [2.05, 4.69) is 20.8 Å². The summed E-state index contributed by atoms with van der Waals surface area (Å²) in [5.41, 5.74) is 1.10. The van der Waals surface area contributed by atoms with Gasteiger partial charge in [-0.05, 0) is 29.8 Å². The van der Waals surface area contributed by atoms with Gasteiger partial charge in [0.1, 0.15) is 10.8 Å². The van der Waals surface area contributed by atoms with Crippen molar-refractivity contribution in [3.63, 3.8) is 0 Å². The molecular formula is C16H12ClFN4OS. The second-order valence-electron chi connectivity index (χ2n) is 4.86. The van der Waals surface area contributed by atoms with Gasteiger partial charge in [-0.2, -0.15) is 0 Å². The van der Waals surface area contributed by atoms with Gasteiger partial charge in [-0.25, -0.2) is 9.18 Å². The molecule has 0 aliphatic carbocycles. The maximum absolute atomic E-state index is 13.6. The Bertz CT molecular complexity index is 871. The van der Waals surface area contributed by atoms with Crippen LogP contribution < -0.4 is 10.6 Å². The van der Waals surface area contributed by atoms with Gasteiger partial charge in [-0.3, -0.25) is 5.32 Å². The number of hydrogen-bond donors (Lipinski definition) is 2. The van der Waals surface area contributed by atoms with E-state index >= 15 is 0 Å². The highest BCUT2D eigenvalue weighted by Gasteiger charge is 2.10. The molecule has 5 nitrogen and oxygen atoms in total. The number of amides is 2. The molecule has 122 valence electrons. The second-order valence-corrected chi connectivity index (χ2v) is 6.36. The average Bonchev–Trinajstić information content (AvgIpc) is 2.96. The zero-order valence-corrected chi connectivity index (χ0v) is 13.9. The minimum atomic E-state index is -0.453. The van der Waals surface area contributed by atoms with E-state index in [1.54, 1.807) is 42.5 Å². The number of halogens is 2. The molecule has 0 bridgehead atoms. The summed E-state index contributed by atoms with van der Waals surface area (Å²) in [5, 5.41) is 14.6. The molecule has 2 N–H and O–H groups in total. The van der Waals surface area contributed by atoms with Gasteiger partial charge in [0.25, 0.3) is 0 Å². The van der Waals surface area contributed by atoms with Crippen LogP contribution in [0.5, 0.6) is 0 Å². The number of carbonyl (C=O) groups excluding carboxylic acids is 1. The van der Waals surface area contributed by atoms with Gasteiger partial charge >= 0.3 is 6.03 Å². The van der Waals surface area contributed by atoms with Crippen LogP contribution in [0.1, 0.15) is 10.6 Å². The lowest BCUT2D eigenvalue weighted by atomic mass is 10.1. The molecule has 0 atom stereocenters. The molecule has 3 rings (SSSR count). The summed E-state index contributed by atoms with van der Waals surface area (Å²) in [5.74, 6) is -0.291. The molecule has 0 radical (unpaired) electrons. The van der Waals surface area contributed by atoms with Gasteiger partial charge in [-0.15, -0.1) is 10.2 Å². The maximum Gasteiger partial charge on any atom is 0.325 e. The van der Waals surface area contributed by atoms with E-state index < -0.39 is 6.03 Å². The first kappa shape index (κ1) is 16.4. The Morgan fingerprint density at radius 2 is 1.96 bits per heavy atom. The van der Waals surface area contributed by atoms with Crippen LogP contribution >= 0.6 is 22.9 Å². The largest absolute Gasteiger partial charge is 0.325 e. The number of nitrogens with one attached hydrogen (secondary N) is 2. The van der Waals surface area contributed by atoms with Gasteiger partial charge in [0.05, 0.1) is 0 Å². The first-order valence-electron chi connectivity index (χ1n) is 6.99. The molecule has 0 aliphatic rings. The van der Waals surface area contributed by atoms with E-state index in [1.165, 1.54) is 17.4 Å². The van der Waals surface area contributed by atoms with Crippen molar-refractivity contribution in [2.75, 3.05) is 10.6 Å². The van der Waals surface area contributed by atoms with E-state index in [4.69, 9.17) is 11.6 Å². The van der Waals surface area contributed by atoms with Crippen LogP contribution in [0.4, 0.5) is 20.0 Å². The zero-order valence-electron chi connectivity index (χ0n) is 12.3. The number of anilines is 2. The SMILES string of the molecule is O=C(Nc1cccc(Cl)c1)Nc1nnc(Cc2ccccc2F)s1. The number of benzene rings is 2. The lowest BCUT2D eigenvalue weighted by molar-refractivity contribution is 0.262. The summed E-state index contributed by atoms with van der Waals surface area (Å²) in [6.07, 6.45) is 0.321. The topological polar surface area (TPSA) is 66.9 Å². The Morgan fingerprint density at radius 3 is 2.75 bits per heavy atom. The molecule has 0 spiro atoms. The molecule has 1 heterocycles. The summed E-state index contributed by atoms with van der Waals surface area (Å²) in [6, 6.07) is 12.8. The van der Waals surface area contributed by atoms with Gasteiger partial charge in [-0.1, -0.05) is 47.2 Å². The molecule has 2 amide bonds. The molecular weight excluding hydrogens is 351 g/mol. The fraction of sp³-hybridized carbons (Fsp3) is 0.0625. The Hall–Kier alpha value is -2.51. The zero-order chi connectivity index (χ0) is 16.9. The van der Waals surface area contributed by atoms with E-state index in [0.717, 1.165) is 0 Å². The fourth-order valence-corrected chi connectivity index (χ4v) is 2.95. The third kappa shape index (κ3) is 4.27. The minimum Gasteiger partial charge on any atom is -0.308 e. The van der Waals surface area contributed by atoms with Crippen LogP contribution in [0.15, 0.2) is 48.5 Å². The van der Waals surface area contributed by atoms with Gasteiger partial charge in [0.2, 0.25) is 5.13 Å². The highest BCUT2D eigenvalue weighted by Crippen LogP contribution is 2.20. The van der Waals surface area contributed by atoms with Gasteiger partial charge < -0.3 is 5.32 Å². The highest BCUT2D eigenvalue weighted by atomic mass is 35.5. The molecule has 3 aromatic rings.